The van der Waals surface area contributed by atoms with Crippen molar-refractivity contribution in [1.29, 1.82) is 0 Å². The number of nitrogens with zero attached hydrogens (tertiary/aromatic N) is 1. The van der Waals surface area contributed by atoms with Crippen LogP contribution in [0.25, 0.3) is 0 Å². The van der Waals surface area contributed by atoms with E-state index in [4.69, 9.17) is 9.15 Å². The summed E-state index contributed by atoms with van der Waals surface area (Å²) in [6.07, 6.45) is 2.87. The van der Waals surface area contributed by atoms with Crippen molar-refractivity contribution < 1.29 is 9.15 Å². The van der Waals surface area contributed by atoms with Gasteiger partial charge in [0.2, 0.25) is 0 Å². The summed E-state index contributed by atoms with van der Waals surface area (Å²) in [5.41, 5.74) is 0. The van der Waals surface area contributed by atoms with Crippen molar-refractivity contribution in [3.05, 3.63) is 24.2 Å². The van der Waals surface area contributed by atoms with E-state index in [9.17, 15) is 0 Å². The average molecular weight is 238 g/mol. The molecule has 1 aliphatic rings. The van der Waals surface area contributed by atoms with Gasteiger partial charge in [0.1, 0.15) is 5.76 Å². The molecule has 96 valence electrons. The fraction of sp³-hybridized carbons (Fsp3) is 0.692. The molecule has 0 bridgehead atoms. The minimum Gasteiger partial charge on any atom is -0.468 e. The maximum absolute atomic E-state index is 5.43. The van der Waals surface area contributed by atoms with E-state index in [1.165, 1.54) is 0 Å². The molecule has 1 aromatic heterocycles. The monoisotopic (exact) mass is 238 g/mol. The van der Waals surface area contributed by atoms with Crippen LogP contribution in [0.2, 0.25) is 0 Å². The Balaban J connectivity index is 1.65. The predicted molar refractivity (Wildman–Crippen MR) is 67.0 cm³/mol. The Kier molecular flexibility index (Phi) is 5.04. The predicted octanol–water partition coefficient (Wildman–Crippen LogP) is 1.65. The third kappa shape index (κ3) is 4.15. The second-order valence-corrected chi connectivity index (χ2v) is 4.50. The number of ether oxygens (including phenoxy) is 1. The van der Waals surface area contributed by atoms with Gasteiger partial charge < -0.3 is 14.5 Å². The number of hydrogen-bond donors (Lipinski definition) is 1. The molecule has 0 aliphatic carbocycles. The minimum atomic E-state index is 0.285. The molecule has 0 aromatic carbocycles. The van der Waals surface area contributed by atoms with E-state index >= 15 is 0 Å². The van der Waals surface area contributed by atoms with Gasteiger partial charge in [0.15, 0.2) is 0 Å². The van der Waals surface area contributed by atoms with E-state index in [-0.39, 0.29) is 6.04 Å². The second-order valence-electron chi connectivity index (χ2n) is 4.50. The van der Waals surface area contributed by atoms with Gasteiger partial charge >= 0.3 is 0 Å². The lowest BCUT2D eigenvalue weighted by molar-refractivity contribution is 0.141. The van der Waals surface area contributed by atoms with Crippen molar-refractivity contribution in [2.24, 2.45) is 0 Å². The van der Waals surface area contributed by atoms with Crippen molar-refractivity contribution in [1.82, 2.24) is 10.2 Å². The fourth-order valence-corrected chi connectivity index (χ4v) is 2.10. The zero-order valence-electron chi connectivity index (χ0n) is 10.5. The van der Waals surface area contributed by atoms with Crippen LogP contribution in [0.3, 0.4) is 0 Å². The Morgan fingerprint density at radius 2 is 2.35 bits per heavy atom. The SMILES string of the molecule is CC(NCCN1CCCOCC1)c1ccco1. The molecule has 1 aliphatic heterocycles. The van der Waals surface area contributed by atoms with Crippen molar-refractivity contribution >= 4 is 0 Å². The Morgan fingerprint density at radius 3 is 3.18 bits per heavy atom. The van der Waals surface area contributed by atoms with Crippen LogP contribution >= 0.6 is 0 Å². The van der Waals surface area contributed by atoms with Gasteiger partial charge in [-0.2, -0.15) is 0 Å². The first-order chi connectivity index (χ1) is 8.36. The molecule has 0 saturated carbocycles. The molecule has 1 N–H and O–H groups in total. The Labute approximate surface area is 103 Å². The van der Waals surface area contributed by atoms with Gasteiger partial charge in [-0.15, -0.1) is 0 Å². The molecule has 2 rings (SSSR count). The highest BCUT2D eigenvalue weighted by Crippen LogP contribution is 2.11. The molecule has 1 atom stereocenters. The van der Waals surface area contributed by atoms with Crippen LogP contribution in [0.5, 0.6) is 0 Å². The molecule has 2 heterocycles. The average Bonchev–Trinajstić information content (AvgIpc) is 2.75. The van der Waals surface area contributed by atoms with Crippen LogP contribution in [0.4, 0.5) is 0 Å². The zero-order valence-corrected chi connectivity index (χ0v) is 10.5. The normalized spacial score (nSPS) is 20.1. The third-order valence-electron chi connectivity index (χ3n) is 3.16. The highest BCUT2D eigenvalue weighted by Gasteiger charge is 2.10. The summed E-state index contributed by atoms with van der Waals surface area (Å²) in [7, 11) is 0. The van der Waals surface area contributed by atoms with Crippen LogP contribution in [-0.4, -0.2) is 44.3 Å². The lowest BCUT2D eigenvalue weighted by Crippen LogP contribution is -2.34. The largest absolute Gasteiger partial charge is 0.468 e. The quantitative estimate of drug-likeness (QED) is 0.846. The lowest BCUT2D eigenvalue weighted by atomic mass is 10.2. The standard InChI is InChI=1S/C13H22N2O2/c1-12(13-4-2-10-17-13)14-5-7-15-6-3-9-16-11-8-15/h2,4,10,12,14H,3,5-9,11H2,1H3. The second kappa shape index (κ2) is 6.79. The summed E-state index contributed by atoms with van der Waals surface area (Å²) >= 11 is 0. The van der Waals surface area contributed by atoms with Gasteiger partial charge in [0.25, 0.3) is 0 Å². The molecule has 4 heteroatoms. The fourth-order valence-electron chi connectivity index (χ4n) is 2.10. The molecule has 0 amide bonds. The Morgan fingerprint density at radius 1 is 1.41 bits per heavy atom. The molecular formula is C13H22N2O2. The van der Waals surface area contributed by atoms with Gasteiger partial charge in [-0.05, 0) is 25.5 Å². The first kappa shape index (κ1) is 12.6. The smallest absolute Gasteiger partial charge is 0.120 e. The molecule has 1 aromatic rings. The summed E-state index contributed by atoms with van der Waals surface area (Å²) in [6.45, 7) is 8.18. The highest BCUT2D eigenvalue weighted by molar-refractivity contribution is 5.02. The van der Waals surface area contributed by atoms with Crippen LogP contribution in [0.15, 0.2) is 22.8 Å². The Bertz CT molecular complexity index is 292. The van der Waals surface area contributed by atoms with Gasteiger partial charge in [0.05, 0.1) is 18.9 Å². The molecule has 1 saturated heterocycles. The van der Waals surface area contributed by atoms with Crippen molar-refractivity contribution in [2.45, 2.75) is 19.4 Å². The summed E-state index contributed by atoms with van der Waals surface area (Å²) in [6, 6.07) is 4.23. The Hall–Kier alpha value is -0.840. The van der Waals surface area contributed by atoms with Crippen molar-refractivity contribution in [3.8, 4) is 0 Å². The van der Waals surface area contributed by atoms with Gasteiger partial charge in [-0.25, -0.2) is 0 Å². The first-order valence-electron chi connectivity index (χ1n) is 6.43. The molecular weight excluding hydrogens is 216 g/mol. The number of nitrogens with one attached hydrogen (secondary N) is 1. The lowest BCUT2D eigenvalue weighted by Gasteiger charge is -2.20. The van der Waals surface area contributed by atoms with Crippen LogP contribution in [0.1, 0.15) is 25.1 Å². The maximum atomic E-state index is 5.43. The molecule has 17 heavy (non-hydrogen) atoms. The molecule has 1 fully saturated rings. The van der Waals surface area contributed by atoms with Crippen LogP contribution in [0, 0.1) is 0 Å². The van der Waals surface area contributed by atoms with Gasteiger partial charge in [0, 0.05) is 32.8 Å². The van der Waals surface area contributed by atoms with E-state index in [0.29, 0.717) is 0 Å². The minimum absolute atomic E-state index is 0.285. The third-order valence-corrected chi connectivity index (χ3v) is 3.16. The summed E-state index contributed by atoms with van der Waals surface area (Å²) in [5, 5.41) is 3.48. The molecule has 1 unspecified atom stereocenters. The van der Waals surface area contributed by atoms with E-state index in [1.807, 2.05) is 12.1 Å². The van der Waals surface area contributed by atoms with Crippen molar-refractivity contribution in [3.63, 3.8) is 0 Å². The van der Waals surface area contributed by atoms with E-state index in [1.54, 1.807) is 6.26 Å². The van der Waals surface area contributed by atoms with E-state index in [2.05, 4.69) is 17.1 Å². The van der Waals surface area contributed by atoms with Gasteiger partial charge in [-0.3, -0.25) is 4.90 Å². The summed E-state index contributed by atoms with van der Waals surface area (Å²) in [4.78, 5) is 2.45. The maximum Gasteiger partial charge on any atom is 0.120 e. The van der Waals surface area contributed by atoms with Gasteiger partial charge in [-0.1, -0.05) is 0 Å². The first-order valence-corrected chi connectivity index (χ1v) is 6.43. The summed E-state index contributed by atoms with van der Waals surface area (Å²) < 4.78 is 10.8. The zero-order chi connectivity index (χ0) is 11.9. The topological polar surface area (TPSA) is 37.6 Å². The highest BCUT2D eigenvalue weighted by atomic mass is 16.5. The van der Waals surface area contributed by atoms with Crippen molar-refractivity contribution in [2.75, 3.05) is 39.4 Å². The molecule has 4 nitrogen and oxygen atoms in total. The number of rotatable bonds is 5. The van der Waals surface area contributed by atoms with Crippen LogP contribution < -0.4 is 5.32 Å². The van der Waals surface area contributed by atoms with E-state index in [0.717, 1.165) is 51.6 Å². The van der Waals surface area contributed by atoms with Crippen LogP contribution in [-0.2, 0) is 4.74 Å². The van der Waals surface area contributed by atoms with E-state index < -0.39 is 0 Å². The number of hydrogen-bond acceptors (Lipinski definition) is 4. The molecule has 0 spiro atoms. The molecule has 0 radical (unpaired) electrons. The number of furan rings is 1. The summed E-state index contributed by atoms with van der Waals surface area (Å²) in [5.74, 6) is 1.00.